The smallest absolute Gasteiger partial charge is 0.255 e. The van der Waals surface area contributed by atoms with Crippen molar-refractivity contribution in [3.05, 3.63) is 40.8 Å². The van der Waals surface area contributed by atoms with Crippen LogP contribution in [0.15, 0.2) is 35.8 Å². The summed E-state index contributed by atoms with van der Waals surface area (Å²) in [5.41, 5.74) is 5.96. The van der Waals surface area contributed by atoms with Crippen LogP contribution >= 0.6 is 11.3 Å². The second-order valence-corrected chi connectivity index (χ2v) is 4.54. The Hall–Kier alpha value is -2.08. The summed E-state index contributed by atoms with van der Waals surface area (Å²) in [6.07, 6.45) is 1.78. The van der Waals surface area contributed by atoms with Gasteiger partial charge in [0.2, 0.25) is 0 Å². The number of rotatable bonds is 6. The van der Waals surface area contributed by atoms with E-state index < -0.39 is 5.91 Å². The molecular weight excluding hydrogens is 250 g/mol. The lowest BCUT2D eigenvalue weighted by molar-refractivity contribution is -0.119. The third-order valence-electron chi connectivity index (χ3n) is 2.16. The Morgan fingerprint density at radius 3 is 2.78 bits per heavy atom. The van der Waals surface area contributed by atoms with E-state index in [0.717, 1.165) is 10.7 Å². The van der Waals surface area contributed by atoms with Crippen molar-refractivity contribution in [3.8, 4) is 5.75 Å². The number of thiazole rings is 1. The Balaban J connectivity index is 1.85. The lowest BCUT2D eigenvalue weighted by Crippen LogP contribution is -2.19. The van der Waals surface area contributed by atoms with Crippen LogP contribution in [0.5, 0.6) is 5.75 Å². The molecule has 0 saturated heterocycles. The number of nitrogens with one attached hydrogen (secondary N) is 1. The van der Waals surface area contributed by atoms with Crippen molar-refractivity contribution in [2.45, 2.75) is 6.54 Å². The molecule has 1 aromatic carbocycles. The van der Waals surface area contributed by atoms with Gasteiger partial charge in [-0.2, -0.15) is 0 Å². The monoisotopic (exact) mass is 263 g/mol. The maximum Gasteiger partial charge on any atom is 0.255 e. The first-order valence-electron chi connectivity index (χ1n) is 5.37. The second-order valence-electron chi connectivity index (χ2n) is 3.56. The second kappa shape index (κ2) is 6.02. The number of ether oxygens (including phenoxy) is 1. The number of benzene rings is 1. The molecule has 0 unspecified atom stereocenters. The molecule has 2 aromatic rings. The zero-order valence-corrected chi connectivity index (χ0v) is 10.4. The molecule has 0 aliphatic carbocycles. The molecule has 1 aromatic heterocycles. The van der Waals surface area contributed by atoms with Gasteiger partial charge in [-0.15, -0.1) is 11.3 Å². The lowest BCUT2D eigenvalue weighted by Gasteiger charge is -2.06. The van der Waals surface area contributed by atoms with Crippen LogP contribution in [0.25, 0.3) is 0 Å². The predicted molar refractivity (Wildman–Crippen MR) is 70.6 cm³/mol. The van der Waals surface area contributed by atoms with Gasteiger partial charge in [-0.1, -0.05) is 0 Å². The summed E-state index contributed by atoms with van der Waals surface area (Å²) in [4.78, 5) is 14.7. The topological polar surface area (TPSA) is 77.2 Å². The summed E-state index contributed by atoms with van der Waals surface area (Å²) in [6.45, 7) is 0.588. The van der Waals surface area contributed by atoms with Gasteiger partial charge in [0, 0.05) is 17.3 Å². The van der Waals surface area contributed by atoms with Gasteiger partial charge >= 0.3 is 0 Å². The standard InChI is InChI=1S/C12H13N3O2S/c13-11(16)8-17-10-3-1-9(2-4-10)15-7-12-14-5-6-18-12/h1-6,15H,7-8H2,(H2,13,16). The largest absolute Gasteiger partial charge is 0.484 e. The molecule has 0 bridgehead atoms. The summed E-state index contributed by atoms with van der Waals surface area (Å²) in [5.74, 6) is 0.134. The highest BCUT2D eigenvalue weighted by Crippen LogP contribution is 2.16. The lowest BCUT2D eigenvalue weighted by atomic mass is 10.3. The minimum absolute atomic E-state index is 0.105. The van der Waals surface area contributed by atoms with Crippen molar-refractivity contribution in [1.29, 1.82) is 0 Å². The molecular formula is C12H13N3O2S. The van der Waals surface area contributed by atoms with E-state index >= 15 is 0 Å². The first-order chi connectivity index (χ1) is 8.74. The van der Waals surface area contributed by atoms with E-state index in [1.165, 1.54) is 0 Å². The normalized spacial score (nSPS) is 10.0. The fraction of sp³-hybridized carbons (Fsp3) is 0.167. The van der Waals surface area contributed by atoms with Crippen molar-refractivity contribution in [2.24, 2.45) is 5.73 Å². The van der Waals surface area contributed by atoms with Gasteiger partial charge in [0.25, 0.3) is 5.91 Å². The molecule has 6 heteroatoms. The SMILES string of the molecule is NC(=O)COc1ccc(NCc2nccs2)cc1. The highest BCUT2D eigenvalue weighted by Gasteiger charge is 1.99. The number of hydrogen-bond acceptors (Lipinski definition) is 5. The summed E-state index contributed by atoms with van der Waals surface area (Å²) in [7, 11) is 0. The molecule has 0 saturated carbocycles. The minimum atomic E-state index is -0.485. The Bertz CT molecular complexity index is 497. The van der Waals surface area contributed by atoms with E-state index in [2.05, 4.69) is 10.3 Å². The van der Waals surface area contributed by atoms with Gasteiger partial charge < -0.3 is 15.8 Å². The third kappa shape index (κ3) is 3.74. The molecule has 1 heterocycles. The van der Waals surface area contributed by atoms with E-state index in [1.807, 2.05) is 17.5 Å². The summed E-state index contributed by atoms with van der Waals surface area (Å²) in [6, 6.07) is 7.33. The van der Waals surface area contributed by atoms with Crippen LogP contribution in [-0.4, -0.2) is 17.5 Å². The Morgan fingerprint density at radius 2 is 2.17 bits per heavy atom. The van der Waals surface area contributed by atoms with Gasteiger partial charge in [-0.05, 0) is 24.3 Å². The number of nitrogens with zero attached hydrogens (tertiary/aromatic N) is 1. The highest BCUT2D eigenvalue weighted by atomic mass is 32.1. The maximum atomic E-state index is 10.6. The van der Waals surface area contributed by atoms with Crippen molar-refractivity contribution in [1.82, 2.24) is 4.98 Å². The molecule has 2 rings (SSSR count). The average molecular weight is 263 g/mol. The fourth-order valence-corrected chi connectivity index (χ4v) is 1.90. The molecule has 94 valence electrons. The van der Waals surface area contributed by atoms with E-state index in [4.69, 9.17) is 10.5 Å². The van der Waals surface area contributed by atoms with Gasteiger partial charge in [0.15, 0.2) is 6.61 Å². The number of carbonyl (C=O) groups is 1. The Labute approximate surface area is 109 Å². The van der Waals surface area contributed by atoms with E-state index in [-0.39, 0.29) is 6.61 Å². The number of anilines is 1. The summed E-state index contributed by atoms with van der Waals surface area (Å²) in [5, 5.41) is 6.21. The number of hydrogen-bond donors (Lipinski definition) is 2. The van der Waals surface area contributed by atoms with Crippen LogP contribution in [0.1, 0.15) is 5.01 Å². The molecule has 18 heavy (non-hydrogen) atoms. The van der Waals surface area contributed by atoms with Crippen molar-refractivity contribution in [3.63, 3.8) is 0 Å². The first-order valence-corrected chi connectivity index (χ1v) is 6.25. The summed E-state index contributed by atoms with van der Waals surface area (Å²) >= 11 is 1.61. The quantitative estimate of drug-likeness (QED) is 0.830. The molecule has 0 aliphatic rings. The van der Waals surface area contributed by atoms with Gasteiger partial charge in [0.05, 0.1) is 6.54 Å². The molecule has 0 atom stereocenters. The van der Waals surface area contributed by atoms with Crippen LogP contribution in [0.2, 0.25) is 0 Å². The van der Waals surface area contributed by atoms with Crippen LogP contribution in [0, 0.1) is 0 Å². The van der Waals surface area contributed by atoms with Crippen LogP contribution < -0.4 is 15.8 Å². The number of amides is 1. The Kier molecular flexibility index (Phi) is 4.14. The molecule has 0 fully saturated rings. The van der Waals surface area contributed by atoms with Gasteiger partial charge in [-0.3, -0.25) is 4.79 Å². The highest BCUT2D eigenvalue weighted by molar-refractivity contribution is 7.09. The number of aromatic nitrogens is 1. The van der Waals surface area contributed by atoms with Crippen molar-refractivity contribution >= 4 is 22.9 Å². The fourth-order valence-electron chi connectivity index (χ4n) is 1.34. The Morgan fingerprint density at radius 1 is 1.39 bits per heavy atom. The molecule has 1 amide bonds. The van der Waals surface area contributed by atoms with E-state index in [0.29, 0.717) is 12.3 Å². The van der Waals surface area contributed by atoms with Crippen LogP contribution in [0.4, 0.5) is 5.69 Å². The van der Waals surface area contributed by atoms with E-state index in [1.54, 1.807) is 29.7 Å². The zero-order chi connectivity index (χ0) is 12.8. The van der Waals surface area contributed by atoms with Crippen molar-refractivity contribution in [2.75, 3.05) is 11.9 Å². The van der Waals surface area contributed by atoms with Gasteiger partial charge in [-0.25, -0.2) is 4.98 Å². The van der Waals surface area contributed by atoms with Crippen molar-refractivity contribution < 1.29 is 9.53 Å². The molecule has 0 spiro atoms. The number of primary amides is 1. The first kappa shape index (κ1) is 12.4. The maximum absolute atomic E-state index is 10.6. The molecule has 0 aliphatic heterocycles. The zero-order valence-electron chi connectivity index (χ0n) is 9.63. The summed E-state index contributed by atoms with van der Waals surface area (Å²) < 4.78 is 5.16. The minimum Gasteiger partial charge on any atom is -0.484 e. The predicted octanol–water partition coefficient (Wildman–Crippen LogP) is 1.62. The average Bonchev–Trinajstić information content (AvgIpc) is 2.88. The number of nitrogens with two attached hydrogens (primary N) is 1. The molecule has 0 radical (unpaired) electrons. The van der Waals surface area contributed by atoms with Crippen LogP contribution in [-0.2, 0) is 11.3 Å². The van der Waals surface area contributed by atoms with Crippen LogP contribution in [0.3, 0.4) is 0 Å². The molecule has 3 N–H and O–H groups in total. The van der Waals surface area contributed by atoms with Gasteiger partial charge in [0.1, 0.15) is 10.8 Å². The third-order valence-corrected chi connectivity index (χ3v) is 2.94. The molecule has 5 nitrogen and oxygen atoms in total. The number of carbonyl (C=O) groups excluding carboxylic acids is 1. The van der Waals surface area contributed by atoms with E-state index in [9.17, 15) is 4.79 Å².